The van der Waals surface area contributed by atoms with E-state index in [1.165, 1.54) is 11.3 Å². The molecule has 1 N–H and O–H groups in total. The number of hydrogen-bond acceptors (Lipinski definition) is 6. The van der Waals surface area contributed by atoms with Gasteiger partial charge in [0, 0.05) is 16.9 Å². The number of esters is 2. The van der Waals surface area contributed by atoms with Crippen molar-refractivity contribution in [2.75, 3.05) is 11.9 Å². The van der Waals surface area contributed by atoms with Crippen LogP contribution in [0.5, 0.6) is 0 Å². The van der Waals surface area contributed by atoms with Crippen LogP contribution in [0.25, 0.3) is 0 Å². The van der Waals surface area contributed by atoms with Crippen LogP contribution < -0.4 is 5.32 Å². The zero-order chi connectivity index (χ0) is 24.5. The number of amides is 1. The summed E-state index contributed by atoms with van der Waals surface area (Å²) in [6, 6.07) is 12.9. The van der Waals surface area contributed by atoms with Crippen LogP contribution in [-0.2, 0) is 28.7 Å². The van der Waals surface area contributed by atoms with Gasteiger partial charge in [-0.2, -0.15) is 0 Å². The minimum absolute atomic E-state index is 0.278. The average molecular weight is 490 g/mol. The lowest BCUT2D eigenvalue weighted by Crippen LogP contribution is -2.23. The van der Waals surface area contributed by atoms with Crippen molar-refractivity contribution in [1.82, 2.24) is 0 Å². The lowest BCUT2D eigenvalue weighted by atomic mass is 9.92. The van der Waals surface area contributed by atoms with E-state index in [4.69, 9.17) is 9.47 Å². The molecule has 1 aromatic heterocycles. The van der Waals surface area contributed by atoms with E-state index < -0.39 is 12.1 Å². The summed E-state index contributed by atoms with van der Waals surface area (Å²) < 4.78 is 10.9. The molecule has 3 aromatic rings. The van der Waals surface area contributed by atoms with Gasteiger partial charge in [0.1, 0.15) is 11.1 Å². The molecule has 2 heterocycles. The molecule has 5 rings (SSSR count). The molecule has 1 aliphatic heterocycles. The number of nitrogens with one attached hydrogen (secondary N) is 1. The van der Waals surface area contributed by atoms with Crippen molar-refractivity contribution in [1.29, 1.82) is 0 Å². The number of anilines is 1. The van der Waals surface area contributed by atoms with Crippen LogP contribution in [0.1, 0.15) is 84.1 Å². The number of carbonyl (C=O) groups excluding carboxylic acids is 3. The highest BCUT2D eigenvalue weighted by Crippen LogP contribution is 2.39. The van der Waals surface area contributed by atoms with E-state index in [2.05, 4.69) is 5.32 Å². The minimum Gasteiger partial charge on any atom is -0.462 e. The average Bonchev–Trinajstić information content (AvgIpc) is 3.22. The van der Waals surface area contributed by atoms with E-state index in [1.807, 2.05) is 31.2 Å². The third kappa shape index (κ3) is 4.60. The molecule has 0 saturated heterocycles. The summed E-state index contributed by atoms with van der Waals surface area (Å²) in [7, 11) is 0. The van der Waals surface area contributed by atoms with E-state index in [0.717, 1.165) is 52.8 Å². The van der Waals surface area contributed by atoms with Crippen molar-refractivity contribution in [2.45, 2.75) is 52.1 Å². The van der Waals surface area contributed by atoms with E-state index in [9.17, 15) is 14.4 Å². The molecule has 7 heteroatoms. The SMILES string of the molecule is CCOC(=O)c1c(NC(=O)c2ccc3c(c2)CC(c2ccc(C)cc2)OC3=O)sc2c1CCCC2. The second-order valence-electron chi connectivity index (χ2n) is 8.97. The van der Waals surface area contributed by atoms with Crippen molar-refractivity contribution in [3.63, 3.8) is 0 Å². The summed E-state index contributed by atoms with van der Waals surface area (Å²) in [6.07, 6.45) is 3.92. The molecule has 180 valence electrons. The number of thiophene rings is 1. The Morgan fingerprint density at radius 1 is 1.11 bits per heavy atom. The number of hydrogen-bond donors (Lipinski definition) is 1. The van der Waals surface area contributed by atoms with Crippen LogP contribution in [0.4, 0.5) is 5.00 Å². The zero-order valence-corrected chi connectivity index (χ0v) is 20.6. The largest absolute Gasteiger partial charge is 0.462 e. The number of rotatable bonds is 5. The van der Waals surface area contributed by atoms with Crippen molar-refractivity contribution >= 4 is 34.2 Å². The van der Waals surface area contributed by atoms with E-state index in [-0.39, 0.29) is 18.5 Å². The molecular formula is C28H27NO5S. The van der Waals surface area contributed by atoms with Gasteiger partial charge < -0.3 is 14.8 Å². The highest BCUT2D eigenvalue weighted by Gasteiger charge is 2.30. The number of aryl methyl sites for hydroxylation is 2. The molecule has 2 aliphatic rings. The first kappa shape index (κ1) is 23.3. The standard InChI is InChI=1S/C28H27NO5S/c1-3-33-28(32)24-21-6-4-5-7-23(21)35-26(24)29-25(30)18-12-13-20-19(14-18)15-22(34-27(20)31)17-10-8-16(2)9-11-17/h8-14,22H,3-7,15H2,1-2H3,(H,29,30). The Kier molecular flexibility index (Phi) is 6.43. The molecular weight excluding hydrogens is 462 g/mol. The molecule has 1 amide bonds. The Morgan fingerprint density at radius 3 is 2.66 bits per heavy atom. The van der Waals surface area contributed by atoms with Gasteiger partial charge in [-0.15, -0.1) is 11.3 Å². The van der Waals surface area contributed by atoms with E-state index in [0.29, 0.717) is 28.1 Å². The molecule has 1 atom stereocenters. The summed E-state index contributed by atoms with van der Waals surface area (Å²) >= 11 is 1.46. The van der Waals surface area contributed by atoms with Crippen molar-refractivity contribution < 1.29 is 23.9 Å². The first-order chi connectivity index (χ1) is 16.9. The third-order valence-corrected chi connectivity index (χ3v) is 7.78. The molecule has 0 spiro atoms. The summed E-state index contributed by atoms with van der Waals surface area (Å²) in [4.78, 5) is 39.7. The Morgan fingerprint density at radius 2 is 1.89 bits per heavy atom. The number of fused-ring (bicyclic) bond motifs is 2. The van der Waals surface area contributed by atoms with Gasteiger partial charge in [0.2, 0.25) is 0 Å². The van der Waals surface area contributed by atoms with Gasteiger partial charge in [-0.25, -0.2) is 9.59 Å². The topological polar surface area (TPSA) is 81.7 Å². The van der Waals surface area contributed by atoms with Gasteiger partial charge in [0.05, 0.1) is 17.7 Å². The second-order valence-corrected chi connectivity index (χ2v) is 10.1. The Bertz CT molecular complexity index is 1310. The van der Waals surface area contributed by atoms with E-state index >= 15 is 0 Å². The third-order valence-electron chi connectivity index (χ3n) is 6.57. The van der Waals surface area contributed by atoms with Gasteiger partial charge in [-0.3, -0.25) is 4.79 Å². The fourth-order valence-electron chi connectivity index (χ4n) is 4.75. The quantitative estimate of drug-likeness (QED) is 0.457. The predicted molar refractivity (Wildman–Crippen MR) is 134 cm³/mol. The molecule has 0 bridgehead atoms. The summed E-state index contributed by atoms with van der Waals surface area (Å²) in [5, 5.41) is 3.49. The Hall–Kier alpha value is -3.45. The maximum atomic E-state index is 13.2. The van der Waals surface area contributed by atoms with Gasteiger partial charge in [0.15, 0.2) is 0 Å². The van der Waals surface area contributed by atoms with Crippen molar-refractivity contribution in [3.8, 4) is 0 Å². The smallest absolute Gasteiger partial charge is 0.341 e. The Balaban J connectivity index is 1.41. The first-order valence-corrected chi connectivity index (χ1v) is 12.8. The van der Waals surface area contributed by atoms with Crippen LogP contribution in [0.2, 0.25) is 0 Å². The predicted octanol–water partition coefficient (Wildman–Crippen LogP) is 5.82. The maximum absolute atomic E-state index is 13.2. The van der Waals surface area contributed by atoms with Gasteiger partial charge >= 0.3 is 11.9 Å². The van der Waals surface area contributed by atoms with Gasteiger partial charge in [-0.1, -0.05) is 29.8 Å². The van der Waals surface area contributed by atoms with Crippen molar-refractivity contribution in [3.05, 3.63) is 86.3 Å². The molecule has 2 aromatic carbocycles. The normalized spacial score (nSPS) is 16.6. The second kappa shape index (κ2) is 9.66. The monoisotopic (exact) mass is 489 g/mol. The molecule has 35 heavy (non-hydrogen) atoms. The number of carbonyl (C=O) groups is 3. The highest BCUT2D eigenvalue weighted by atomic mass is 32.1. The van der Waals surface area contributed by atoms with Crippen LogP contribution in [0.15, 0.2) is 42.5 Å². The lowest BCUT2D eigenvalue weighted by molar-refractivity contribution is 0.0252. The maximum Gasteiger partial charge on any atom is 0.341 e. The molecule has 0 fully saturated rings. The fourth-order valence-corrected chi connectivity index (χ4v) is 6.02. The van der Waals surface area contributed by atoms with Crippen LogP contribution >= 0.6 is 11.3 Å². The summed E-state index contributed by atoms with van der Waals surface area (Å²) in [5.41, 5.74) is 5.23. The fraction of sp³-hybridized carbons (Fsp3) is 0.321. The first-order valence-electron chi connectivity index (χ1n) is 12.0. The van der Waals surface area contributed by atoms with Crippen LogP contribution in [0.3, 0.4) is 0 Å². The summed E-state index contributed by atoms with van der Waals surface area (Å²) in [6.45, 7) is 4.06. The van der Waals surface area contributed by atoms with Crippen LogP contribution in [-0.4, -0.2) is 24.5 Å². The molecule has 0 saturated carbocycles. The minimum atomic E-state index is -0.395. The van der Waals surface area contributed by atoms with Crippen molar-refractivity contribution in [2.24, 2.45) is 0 Å². The number of benzene rings is 2. The summed E-state index contributed by atoms with van der Waals surface area (Å²) in [5.74, 6) is -1.10. The highest BCUT2D eigenvalue weighted by molar-refractivity contribution is 7.17. The molecule has 1 unspecified atom stereocenters. The molecule has 0 radical (unpaired) electrons. The molecule has 6 nitrogen and oxygen atoms in total. The van der Waals surface area contributed by atoms with Gasteiger partial charge in [-0.05, 0) is 74.4 Å². The van der Waals surface area contributed by atoms with Crippen LogP contribution in [0, 0.1) is 6.92 Å². The lowest BCUT2D eigenvalue weighted by Gasteiger charge is -2.25. The zero-order valence-electron chi connectivity index (χ0n) is 19.8. The Labute approximate surface area is 208 Å². The molecule has 1 aliphatic carbocycles. The van der Waals surface area contributed by atoms with E-state index in [1.54, 1.807) is 25.1 Å². The number of ether oxygens (including phenoxy) is 2. The number of cyclic esters (lactones) is 1. The van der Waals surface area contributed by atoms with Gasteiger partial charge in [0.25, 0.3) is 5.91 Å².